The molecular weight excluding hydrogens is 383 g/mol. The van der Waals surface area contributed by atoms with Gasteiger partial charge in [0.25, 0.3) is 0 Å². The van der Waals surface area contributed by atoms with Gasteiger partial charge in [-0.25, -0.2) is 15.0 Å². The number of guanidine groups is 1. The first-order chi connectivity index (χ1) is 12.1. The van der Waals surface area contributed by atoms with Gasteiger partial charge in [-0.3, -0.25) is 0 Å². The van der Waals surface area contributed by atoms with Crippen molar-refractivity contribution in [1.29, 1.82) is 0 Å². The predicted molar refractivity (Wildman–Crippen MR) is 102 cm³/mol. The van der Waals surface area contributed by atoms with Crippen LogP contribution in [0.15, 0.2) is 28.8 Å². The van der Waals surface area contributed by atoms with E-state index >= 15 is 0 Å². The lowest BCUT2D eigenvalue weighted by Crippen LogP contribution is -2.51. The Hall–Kier alpha value is -1.77. The Labute approximate surface area is 160 Å². The first-order valence-corrected chi connectivity index (χ1v) is 9.40. The van der Waals surface area contributed by atoms with Gasteiger partial charge in [0.2, 0.25) is 5.88 Å². The molecule has 0 amide bonds. The molecule has 0 bridgehead atoms. The monoisotopic (exact) mass is 400 g/mol. The number of piperazine rings is 1. The Balaban J connectivity index is 1.43. The summed E-state index contributed by atoms with van der Waals surface area (Å²) in [6.45, 7) is 4.17. The van der Waals surface area contributed by atoms with Crippen LogP contribution in [0, 0.1) is 0 Å². The molecule has 3 rings (SSSR count). The van der Waals surface area contributed by atoms with Crippen LogP contribution in [0.5, 0.6) is 5.88 Å². The van der Waals surface area contributed by atoms with Crippen LogP contribution in [-0.4, -0.2) is 60.2 Å². The maximum absolute atomic E-state index is 6.07. The minimum Gasteiger partial charge on any atom is -0.475 e. The van der Waals surface area contributed by atoms with E-state index in [4.69, 9.17) is 33.7 Å². The standard InChI is InChI=1S/C15H18Cl2N6OS/c16-11-9-12(17)13(21-10-11)24-7-1-19-14(18)22-3-5-23(6-4-22)15-20-2-8-25-15/h2,8-10H,1,3-7H2,(H2,18,19). The van der Waals surface area contributed by atoms with Crippen molar-refractivity contribution in [2.45, 2.75) is 0 Å². The lowest BCUT2D eigenvalue weighted by Gasteiger charge is -2.35. The highest BCUT2D eigenvalue weighted by Crippen LogP contribution is 2.24. The van der Waals surface area contributed by atoms with Crippen LogP contribution in [0.4, 0.5) is 5.13 Å². The van der Waals surface area contributed by atoms with Gasteiger partial charge >= 0.3 is 0 Å². The number of anilines is 1. The maximum Gasteiger partial charge on any atom is 0.232 e. The van der Waals surface area contributed by atoms with Crippen LogP contribution >= 0.6 is 34.5 Å². The highest BCUT2D eigenvalue weighted by molar-refractivity contribution is 7.13. The number of aliphatic imine (C=N–C) groups is 1. The summed E-state index contributed by atoms with van der Waals surface area (Å²) in [7, 11) is 0. The zero-order valence-corrected chi connectivity index (χ0v) is 15.8. The van der Waals surface area contributed by atoms with Crippen molar-refractivity contribution in [1.82, 2.24) is 14.9 Å². The van der Waals surface area contributed by atoms with E-state index in [1.807, 2.05) is 11.6 Å². The minimum atomic E-state index is 0.341. The van der Waals surface area contributed by atoms with E-state index in [-0.39, 0.29) is 0 Å². The van der Waals surface area contributed by atoms with E-state index in [1.54, 1.807) is 17.4 Å². The number of aromatic nitrogens is 2. The maximum atomic E-state index is 6.07. The molecule has 7 nitrogen and oxygen atoms in total. The number of nitrogens with two attached hydrogens (primary N) is 1. The van der Waals surface area contributed by atoms with E-state index in [1.165, 1.54) is 6.20 Å². The number of hydrogen-bond donors (Lipinski definition) is 1. The summed E-state index contributed by atoms with van der Waals surface area (Å²) in [4.78, 5) is 17.1. The minimum absolute atomic E-state index is 0.341. The molecule has 0 spiro atoms. The van der Waals surface area contributed by atoms with E-state index in [0.29, 0.717) is 35.0 Å². The van der Waals surface area contributed by atoms with Crippen molar-refractivity contribution in [3.05, 3.63) is 33.9 Å². The lowest BCUT2D eigenvalue weighted by molar-refractivity contribution is 0.314. The van der Waals surface area contributed by atoms with E-state index < -0.39 is 0 Å². The van der Waals surface area contributed by atoms with Crippen molar-refractivity contribution in [2.75, 3.05) is 44.2 Å². The Bertz CT molecular complexity index is 719. The van der Waals surface area contributed by atoms with E-state index in [0.717, 1.165) is 31.3 Å². The number of nitrogens with zero attached hydrogens (tertiary/aromatic N) is 5. The van der Waals surface area contributed by atoms with Crippen molar-refractivity contribution in [2.24, 2.45) is 10.7 Å². The number of hydrogen-bond acceptors (Lipinski definition) is 6. The zero-order chi connectivity index (χ0) is 17.6. The van der Waals surface area contributed by atoms with Crippen LogP contribution in [0.1, 0.15) is 0 Å². The van der Waals surface area contributed by atoms with Gasteiger partial charge in [-0.1, -0.05) is 23.2 Å². The van der Waals surface area contributed by atoms with Gasteiger partial charge in [0.1, 0.15) is 11.6 Å². The highest BCUT2D eigenvalue weighted by Gasteiger charge is 2.19. The molecule has 1 aliphatic heterocycles. The first-order valence-electron chi connectivity index (χ1n) is 7.76. The third-order valence-corrected chi connectivity index (χ3v) is 4.98. The van der Waals surface area contributed by atoms with Gasteiger partial charge in [-0.05, 0) is 6.07 Å². The van der Waals surface area contributed by atoms with Crippen LogP contribution in [0.2, 0.25) is 10.0 Å². The average Bonchev–Trinajstić information content (AvgIpc) is 3.15. The van der Waals surface area contributed by atoms with Crippen molar-refractivity contribution >= 4 is 45.6 Å². The van der Waals surface area contributed by atoms with Crippen LogP contribution in [0.25, 0.3) is 0 Å². The topological polar surface area (TPSA) is 79.9 Å². The molecule has 134 valence electrons. The summed E-state index contributed by atoms with van der Waals surface area (Å²) in [5.74, 6) is 0.870. The fourth-order valence-corrected chi connectivity index (χ4v) is 3.54. The molecule has 0 radical (unpaired) electrons. The molecule has 1 aliphatic rings. The van der Waals surface area contributed by atoms with E-state index in [2.05, 4.69) is 24.8 Å². The Morgan fingerprint density at radius 1 is 1.28 bits per heavy atom. The molecule has 3 heterocycles. The normalized spacial score (nSPS) is 15.5. The third-order valence-electron chi connectivity index (χ3n) is 3.67. The third kappa shape index (κ3) is 4.87. The van der Waals surface area contributed by atoms with Gasteiger partial charge in [0.15, 0.2) is 11.1 Å². The van der Waals surface area contributed by atoms with Gasteiger partial charge in [0.05, 0.1) is 11.6 Å². The molecule has 1 saturated heterocycles. The summed E-state index contributed by atoms with van der Waals surface area (Å²) in [5.41, 5.74) is 6.07. The summed E-state index contributed by atoms with van der Waals surface area (Å²) in [6.07, 6.45) is 3.31. The molecule has 0 aromatic carbocycles. The lowest BCUT2D eigenvalue weighted by atomic mass is 10.3. The average molecular weight is 401 g/mol. The molecule has 25 heavy (non-hydrogen) atoms. The van der Waals surface area contributed by atoms with Gasteiger partial charge in [0, 0.05) is 44.0 Å². The smallest absolute Gasteiger partial charge is 0.232 e. The van der Waals surface area contributed by atoms with Gasteiger partial charge in [-0.15, -0.1) is 11.3 Å². The molecule has 0 unspecified atom stereocenters. The largest absolute Gasteiger partial charge is 0.475 e. The molecule has 2 aromatic rings. The quantitative estimate of drug-likeness (QED) is 0.471. The van der Waals surface area contributed by atoms with Crippen LogP contribution in [0.3, 0.4) is 0 Å². The molecule has 10 heteroatoms. The predicted octanol–water partition coefficient (Wildman–Crippen LogP) is 2.36. The Morgan fingerprint density at radius 3 is 2.76 bits per heavy atom. The van der Waals surface area contributed by atoms with Gasteiger partial charge < -0.3 is 20.3 Å². The molecule has 0 atom stereocenters. The number of ether oxygens (including phenoxy) is 1. The zero-order valence-electron chi connectivity index (χ0n) is 13.4. The highest BCUT2D eigenvalue weighted by atomic mass is 35.5. The fourth-order valence-electron chi connectivity index (χ4n) is 2.41. The van der Waals surface area contributed by atoms with Gasteiger partial charge in [-0.2, -0.15) is 0 Å². The van der Waals surface area contributed by atoms with Crippen molar-refractivity contribution < 1.29 is 4.74 Å². The van der Waals surface area contributed by atoms with Crippen LogP contribution in [-0.2, 0) is 0 Å². The molecule has 0 aliphatic carbocycles. The summed E-state index contributed by atoms with van der Waals surface area (Å²) >= 11 is 13.4. The molecule has 2 aromatic heterocycles. The summed E-state index contributed by atoms with van der Waals surface area (Å²) in [6, 6.07) is 1.59. The Kier molecular flexibility index (Phi) is 6.17. The second-order valence-electron chi connectivity index (χ2n) is 5.32. The number of thiazole rings is 1. The summed E-state index contributed by atoms with van der Waals surface area (Å²) in [5, 5.41) is 3.88. The molecular formula is C15H18Cl2N6OS. The second-order valence-corrected chi connectivity index (χ2v) is 7.03. The molecule has 0 saturated carbocycles. The second kappa shape index (κ2) is 8.55. The number of halogens is 2. The Morgan fingerprint density at radius 2 is 2.08 bits per heavy atom. The van der Waals surface area contributed by atoms with E-state index in [9.17, 15) is 0 Å². The number of pyridine rings is 1. The number of rotatable bonds is 5. The fraction of sp³-hybridized carbons (Fsp3) is 0.400. The SMILES string of the molecule is NC(=NCCOc1ncc(Cl)cc1Cl)N1CCN(c2nccs2)CC1. The molecule has 2 N–H and O–H groups in total. The summed E-state index contributed by atoms with van der Waals surface area (Å²) < 4.78 is 5.50. The molecule has 1 fully saturated rings. The van der Waals surface area contributed by atoms with Crippen molar-refractivity contribution in [3.8, 4) is 5.88 Å². The van der Waals surface area contributed by atoms with Crippen LogP contribution < -0.4 is 15.4 Å². The first kappa shape index (κ1) is 18.0. The van der Waals surface area contributed by atoms with Crippen molar-refractivity contribution in [3.63, 3.8) is 0 Å².